The molecule has 6 nitrogen and oxygen atoms in total. The van der Waals surface area contributed by atoms with Crippen molar-refractivity contribution in [2.45, 2.75) is 51.8 Å². The zero-order valence-electron chi connectivity index (χ0n) is 11.2. The van der Waals surface area contributed by atoms with Gasteiger partial charge in [0.25, 0.3) is 0 Å². The third-order valence-corrected chi connectivity index (χ3v) is 3.05. The second kappa shape index (κ2) is 7.20. The highest BCUT2D eigenvalue weighted by atomic mass is 16.5. The number of likely N-dealkylation sites (tertiary alicyclic amines) is 1. The first-order chi connectivity index (χ1) is 8.56. The number of nitrogens with one attached hydrogen (secondary N) is 2. The summed E-state index contributed by atoms with van der Waals surface area (Å²) < 4.78 is 5.80. The van der Waals surface area contributed by atoms with E-state index in [0.29, 0.717) is 13.2 Å². The van der Waals surface area contributed by atoms with Crippen LogP contribution in [-0.4, -0.2) is 42.2 Å². The molecule has 0 aromatic heterocycles. The Balaban J connectivity index is 2.66. The van der Waals surface area contributed by atoms with Gasteiger partial charge in [0.15, 0.2) is 12.2 Å². The number of rotatable bonds is 5. The Labute approximate surface area is 108 Å². The number of nitrogens with zero attached hydrogens (tertiary/aromatic N) is 1. The number of ether oxygens (including phenoxy) is 1. The van der Waals surface area contributed by atoms with Crippen molar-refractivity contribution in [2.75, 3.05) is 13.2 Å². The van der Waals surface area contributed by atoms with Crippen LogP contribution in [0.25, 0.3) is 0 Å². The first-order valence-electron chi connectivity index (χ1n) is 6.55. The number of unbranched alkanes of at least 4 members (excludes halogenated alkanes) is 1. The summed E-state index contributed by atoms with van der Waals surface area (Å²) in [5, 5.41) is 10.5. The summed E-state index contributed by atoms with van der Waals surface area (Å²) >= 11 is 0. The average molecular weight is 256 g/mol. The summed E-state index contributed by atoms with van der Waals surface area (Å²) in [4.78, 5) is 12.9. The number of carbonyl (C=O) groups excluding carboxylic acids is 1. The Morgan fingerprint density at radius 1 is 1.61 bits per heavy atom. The molecule has 1 rings (SSSR count). The maximum atomic E-state index is 11.2. The summed E-state index contributed by atoms with van der Waals surface area (Å²) in [6, 6.07) is -0.0861. The number of guanidine groups is 1. The Morgan fingerprint density at radius 2 is 2.33 bits per heavy atom. The standard InChI is InChI=1S/C12H24N4O2/c1-3-4-8-18-11-10(15-9(2)17)6-5-7-16(11)12(13)14/h10-11H,3-8H2,1-2H3,(H3,13,14)(H,15,17)/t10-,11+/m0/s1. The summed E-state index contributed by atoms with van der Waals surface area (Å²) in [6.07, 6.45) is 3.47. The lowest BCUT2D eigenvalue weighted by Crippen LogP contribution is -2.59. The molecule has 1 saturated heterocycles. The van der Waals surface area contributed by atoms with Gasteiger partial charge < -0.3 is 20.7 Å². The second-order valence-electron chi connectivity index (χ2n) is 4.64. The molecule has 2 atom stereocenters. The lowest BCUT2D eigenvalue weighted by molar-refractivity contribution is -0.124. The third kappa shape index (κ3) is 4.18. The molecule has 0 saturated carbocycles. The number of carbonyl (C=O) groups is 1. The van der Waals surface area contributed by atoms with Crippen LogP contribution in [0.3, 0.4) is 0 Å². The monoisotopic (exact) mass is 256 g/mol. The second-order valence-corrected chi connectivity index (χ2v) is 4.64. The van der Waals surface area contributed by atoms with E-state index in [9.17, 15) is 4.79 Å². The van der Waals surface area contributed by atoms with Crippen LogP contribution in [0.5, 0.6) is 0 Å². The van der Waals surface area contributed by atoms with E-state index in [4.69, 9.17) is 15.9 Å². The van der Waals surface area contributed by atoms with Crippen molar-refractivity contribution in [3.63, 3.8) is 0 Å². The lowest BCUT2D eigenvalue weighted by Gasteiger charge is -2.41. The molecule has 0 aromatic carbocycles. The Kier molecular flexibility index (Phi) is 5.91. The molecular weight excluding hydrogens is 232 g/mol. The van der Waals surface area contributed by atoms with Gasteiger partial charge in [0, 0.05) is 20.1 Å². The van der Waals surface area contributed by atoms with E-state index in [0.717, 1.165) is 25.7 Å². The summed E-state index contributed by atoms with van der Waals surface area (Å²) in [5.74, 6) is -0.0685. The van der Waals surface area contributed by atoms with Gasteiger partial charge in [-0.3, -0.25) is 10.2 Å². The smallest absolute Gasteiger partial charge is 0.217 e. The highest BCUT2D eigenvalue weighted by molar-refractivity contribution is 5.76. The topological polar surface area (TPSA) is 91.4 Å². The fourth-order valence-corrected chi connectivity index (χ4v) is 2.19. The minimum Gasteiger partial charge on any atom is -0.370 e. The average Bonchev–Trinajstić information content (AvgIpc) is 2.30. The highest BCUT2D eigenvalue weighted by Crippen LogP contribution is 2.19. The van der Waals surface area contributed by atoms with Crippen LogP contribution in [0.1, 0.15) is 39.5 Å². The quantitative estimate of drug-likeness (QED) is 0.382. The Hall–Kier alpha value is -1.30. The van der Waals surface area contributed by atoms with Gasteiger partial charge in [-0.05, 0) is 19.3 Å². The van der Waals surface area contributed by atoms with Gasteiger partial charge in [-0.15, -0.1) is 0 Å². The van der Waals surface area contributed by atoms with Crippen LogP contribution in [-0.2, 0) is 9.53 Å². The van der Waals surface area contributed by atoms with Gasteiger partial charge in [0.2, 0.25) is 5.91 Å². The van der Waals surface area contributed by atoms with Gasteiger partial charge in [-0.1, -0.05) is 13.3 Å². The minimum absolute atomic E-state index is 0.00607. The van der Waals surface area contributed by atoms with E-state index in [-0.39, 0.29) is 24.1 Å². The van der Waals surface area contributed by atoms with Crippen LogP contribution < -0.4 is 11.1 Å². The van der Waals surface area contributed by atoms with Crippen molar-refractivity contribution >= 4 is 11.9 Å². The zero-order valence-corrected chi connectivity index (χ0v) is 11.2. The number of piperidine rings is 1. The van der Waals surface area contributed by atoms with E-state index in [1.54, 1.807) is 4.90 Å². The molecule has 0 aromatic rings. The van der Waals surface area contributed by atoms with Crippen LogP contribution in [0.4, 0.5) is 0 Å². The van der Waals surface area contributed by atoms with Crippen LogP contribution in [0, 0.1) is 5.41 Å². The molecule has 104 valence electrons. The normalized spacial score (nSPS) is 23.8. The molecule has 1 fully saturated rings. The van der Waals surface area contributed by atoms with Crippen LogP contribution >= 0.6 is 0 Å². The van der Waals surface area contributed by atoms with E-state index in [1.807, 2.05) is 0 Å². The zero-order chi connectivity index (χ0) is 13.5. The van der Waals surface area contributed by atoms with E-state index < -0.39 is 0 Å². The van der Waals surface area contributed by atoms with E-state index >= 15 is 0 Å². The molecule has 6 heteroatoms. The van der Waals surface area contributed by atoms with Crippen molar-refractivity contribution in [3.05, 3.63) is 0 Å². The van der Waals surface area contributed by atoms with Crippen molar-refractivity contribution < 1.29 is 9.53 Å². The summed E-state index contributed by atoms with van der Waals surface area (Å²) in [5.41, 5.74) is 5.57. The fraction of sp³-hybridized carbons (Fsp3) is 0.833. The maximum Gasteiger partial charge on any atom is 0.217 e. The maximum absolute atomic E-state index is 11.2. The van der Waals surface area contributed by atoms with Gasteiger partial charge in [0.1, 0.15) is 0 Å². The number of hydrogen-bond donors (Lipinski definition) is 3. The van der Waals surface area contributed by atoms with Gasteiger partial charge in [0.05, 0.1) is 6.04 Å². The molecule has 0 radical (unpaired) electrons. The Morgan fingerprint density at radius 3 is 2.89 bits per heavy atom. The molecule has 0 spiro atoms. The van der Waals surface area contributed by atoms with Gasteiger partial charge in [-0.2, -0.15) is 0 Å². The van der Waals surface area contributed by atoms with Gasteiger partial charge in [-0.25, -0.2) is 0 Å². The number of amides is 1. The number of nitrogens with two attached hydrogens (primary N) is 1. The molecule has 0 aliphatic carbocycles. The molecule has 1 aliphatic rings. The van der Waals surface area contributed by atoms with E-state index in [1.165, 1.54) is 6.92 Å². The van der Waals surface area contributed by atoms with Crippen molar-refractivity contribution in [3.8, 4) is 0 Å². The Bertz CT molecular complexity index is 296. The highest BCUT2D eigenvalue weighted by Gasteiger charge is 2.33. The van der Waals surface area contributed by atoms with Crippen LogP contribution in [0.15, 0.2) is 0 Å². The largest absolute Gasteiger partial charge is 0.370 e. The van der Waals surface area contributed by atoms with Crippen molar-refractivity contribution in [1.29, 1.82) is 5.41 Å². The molecule has 18 heavy (non-hydrogen) atoms. The fourth-order valence-electron chi connectivity index (χ4n) is 2.19. The first kappa shape index (κ1) is 14.8. The first-order valence-corrected chi connectivity index (χ1v) is 6.55. The molecule has 1 aliphatic heterocycles. The van der Waals surface area contributed by atoms with Crippen molar-refractivity contribution in [2.24, 2.45) is 5.73 Å². The molecule has 1 amide bonds. The third-order valence-electron chi connectivity index (χ3n) is 3.05. The summed E-state index contributed by atoms with van der Waals surface area (Å²) in [6.45, 7) is 4.93. The predicted octanol–water partition coefficient (Wildman–Crippen LogP) is 0.623. The molecular formula is C12H24N4O2. The predicted molar refractivity (Wildman–Crippen MR) is 70.1 cm³/mol. The van der Waals surface area contributed by atoms with E-state index in [2.05, 4.69) is 12.2 Å². The number of hydrogen-bond acceptors (Lipinski definition) is 3. The summed E-state index contributed by atoms with van der Waals surface area (Å²) in [7, 11) is 0. The minimum atomic E-state index is -0.313. The van der Waals surface area contributed by atoms with Crippen LogP contribution in [0.2, 0.25) is 0 Å². The SMILES string of the molecule is CCCCO[C@@H]1[C@@H](NC(C)=O)CCCN1C(=N)N. The molecule has 1 heterocycles. The molecule has 0 unspecified atom stereocenters. The molecule has 0 bridgehead atoms. The molecule has 4 N–H and O–H groups in total. The lowest BCUT2D eigenvalue weighted by atomic mass is 10.0. The van der Waals surface area contributed by atoms with Crippen molar-refractivity contribution in [1.82, 2.24) is 10.2 Å². The van der Waals surface area contributed by atoms with Gasteiger partial charge >= 0.3 is 0 Å².